The summed E-state index contributed by atoms with van der Waals surface area (Å²) < 4.78 is 3.78. The average Bonchev–Trinajstić information content (AvgIpc) is 3.22. The molecule has 188 valence electrons. The van der Waals surface area contributed by atoms with Gasteiger partial charge in [0.1, 0.15) is 6.04 Å². The van der Waals surface area contributed by atoms with Gasteiger partial charge in [-0.25, -0.2) is 4.79 Å². The van der Waals surface area contributed by atoms with Crippen LogP contribution in [-0.4, -0.2) is 49.3 Å². The molecule has 2 aliphatic rings. The molecule has 6 rings (SSSR count). The first-order valence-electron chi connectivity index (χ1n) is 12.5. The Hall–Kier alpha value is -4.17. The number of hydrogen-bond acceptors (Lipinski definition) is 4. The molecule has 0 saturated carbocycles. The van der Waals surface area contributed by atoms with Crippen molar-refractivity contribution in [1.82, 2.24) is 14.0 Å². The summed E-state index contributed by atoms with van der Waals surface area (Å²) in [4.78, 5) is 39.0. The number of carboxylic acids is 2. The minimum atomic E-state index is -1.02. The number of aromatic nitrogens is 2. The van der Waals surface area contributed by atoms with Crippen molar-refractivity contribution in [2.45, 2.75) is 31.5 Å². The van der Waals surface area contributed by atoms with Gasteiger partial charge in [-0.05, 0) is 36.1 Å². The molecule has 4 heterocycles. The zero-order valence-corrected chi connectivity index (χ0v) is 20.2. The van der Waals surface area contributed by atoms with Crippen LogP contribution < -0.4 is 5.56 Å². The van der Waals surface area contributed by atoms with E-state index in [0.29, 0.717) is 37.3 Å². The topological polar surface area (TPSA) is 105 Å². The lowest BCUT2D eigenvalue weighted by Crippen LogP contribution is -2.49. The van der Waals surface area contributed by atoms with Crippen molar-refractivity contribution >= 4 is 22.8 Å². The molecule has 0 aliphatic carbocycles. The van der Waals surface area contributed by atoms with Crippen LogP contribution in [0, 0.1) is 5.92 Å². The summed E-state index contributed by atoms with van der Waals surface area (Å²) in [5.41, 5.74) is 3.50. The van der Waals surface area contributed by atoms with Crippen LogP contribution in [0.4, 0.5) is 0 Å². The van der Waals surface area contributed by atoms with E-state index >= 15 is 0 Å². The van der Waals surface area contributed by atoms with Gasteiger partial charge in [0.2, 0.25) is 0 Å². The molecule has 3 atom stereocenters. The number of pyridine rings is 1. The number of hydrogen-bond donors (Lipinski definition) is 2. The summed E-state index contributed by atoms with van der Waals surface area (Å²) in [6, 6.07) is 19.1. The maximum absolute atomic E-state index is 12.8. The summed E-state index contributed by atoms with van der Waals surface area (Å²) in [6.07, 6.45) is 2.80. The number of benzene rings is 2. The van der Waals surface area contributed by atoms with Crippen molar-refractivity contribution in [3.05, 3.63) is 106 Å². The van der Waals surface area contributed by atoms with E-state index in [1.54, 1.807) is 24.3 Å². The number of piperidine rings is 1. The number of fused-ring (bicyclic) bond motifs is 5. The molecule has 0 radical (unpaired) electrons. The van der Waals surface area contributed by atoms with Gasteiger partial charge in [-0.1, -0.05) is 42.5 Å². The van der Waals surface area contributed by atoms with E-state index in [2.05, 4.69) is 0 Å². The summed E-state index contributed by atoms with van der Waals surface area (Å²) in [5, 5.41) is 20.8. The minimum absolute atomic E-state index is 0.00588. The highest BCUT2D eigenvalue weighted by molar-refractivity contribution is 5.96. The average molecular weight is 498 g/mol. The monoisotopic (exact) mass is 497 g/mol. The first-order chi connectivity index (χ1) is 17.9. The molecule has 4 aromatic rings. The number of carboxylic acid groups (broad SMARTS) is 2. The van der Waals surface area contributed by atoms with Crippen molar-refractivity contribution in [3.8, 4) is 0 Å². The Bertz CT molecular complexity index is 1570. The molecule has 8 nitrogen and oxygen atoms in total. The second-order valence-corrected chi connectivity index (χ2v) is 10.1. The molecule has 1 fully saturated rings. The molecule has 0 unspecified atom stereocenters. The number of rotatable bonds is 6. The third kappa shape index (κ3) is 4.13. The predicted octanol–water partition coefficient (Wildman–Crippen LogP) is 3.79. The van der Waals surface area contributed by atoms with E-state index in [1.165, 1.54) is 6.07 Å². The van der Waals surface area contributed by atoms with E-state index in [0.717, 1.165) is 23.1 Å². The van der Waals surface area contributed by atoms with Crippen LogP contribution in [0.1, 0.15) is 45.6 Å². The van der Waals surface area contributed by atoms with Gasteiger partial charge >= 0.3 is 11.9 Å². The van der Waals surface area contributed by atoms with E-state index in [9.17, 15) is 24.6 Å². The number of aromatic carboxylic acids is 1. The van der Waals surface area contributed by atoms with Crippen molar-refractivity contribution in [3.63, 3.8) is 0 Å². The Morgan fingerprint density at radius 2 is 1.76 bits per heavy atom. The molecule has 2 aromatic heterocycles. The highest BCUT2D eigenvalue weighted by atomic mass is 16.4. The molecule has 1 saturated heterocycles. The fraction of sp³-hybridized carbons (Fsp3) is 0.276. The summed E-state index contributed by atoms with van der Waals surface area (Å²) in [7, 11) is 0. The molecular formula is C29H27N3O5. The van der Waals surface area contributed by atoms with Crippen molar-refractivity contribution in [2.75, 3.05) is 13.1 Å². The van der Waals surface area contributed by atoms with Crippen LogP contribution in [0.2, 0.25) is 0 Å². The Morgan fingerprint density at radius 3 is 2.51 bits per heavy atom. The Kier molecular flexibility index (Phi) is 5.68. The number of likely N-dealkylation sites (tertiary alicyclic amines) is 1. The second-order valence-electron chi connectivity index (χ2n) is 10.1. The fourth-order valence-corrected chi connectivity index (χ4v) is 6.21. The quantitative estimate of drug-likeness (QED) is 0.420. The van der Waals surface area contributed by atoms with E-state index in [4.69, 9.17) is 0 Å². The molecule has 2 N–H and O–H groups in total. The first kappa shape index (κ1) is 23.2. The molecule has 37 heavy (non-hydrogen) atoms. The normalized spacial score (nSPS) is 19.9. The van der Waals surface area contributed by atoms with Gasteiger partial charge in [0.15, 0.2) is 0 Å². The van der Waals surface area contributed by atoms with Crippen molar-refractivity contribution < 1.29 is 19.8 Å². The largest absolute Gasteiger partial charge is 0.480 e. The van der Waals surface area contributed by atoms with Crippen molar-refractivity contribution in [2.24, 2.45) is 5.92 Å². The highest BCUT2D eigenvalue weighted by Gasteiger charge is 2.40. The van der Waals surface area contributed by atoms with Crippen LogP contribution in [0.25, 0.3) is 10.9 Å². The minimum Gasteiger partial charge on any atom is -0.480 e. The summed E-state index contributed by atoms with van der Waals surface area (Å²) in [5.74, 6) is -1.70. The number of aliphatic carboxylic acids is 1. The van der Waals surface area contributed by atoms with E-state index < -0.39 is 18.0 Å². The van der Waals surface area contributed by atoms with Crippen LogP contribution in [-0.2, 0) is 17.9 Å². The molecular weight excluding hydrogens is 470 g/mol. The molecule has 2 bridgehead atoms. The van der Waals surface area contributed by atoms with Gasteiger partial charge in [-0.2, -0.15) is 0 Å². The Morgan fingerprint density at radius 1 is 0.946 bits per heavy atom. The Labute approximate surface area is 213 Å². The second kappa shape index (κ2) is 9.05. The summed E-state index contributed by atoms with van der Waals surface area (Å²) in [6.45, 7) is 2.20. The molecule has 8 heteroatoms. The van der Waals surface area contributed by atoms with Crippen LogP contribution in [0.15, 0.2) is 77.7 Å². The van der Waals surface area contributed by atoms with Gasteiger partial charge in [0.05, 0.1) is 5.56 Å². The smallest absolute Gasteiger partial charge is 0.335 e. The predicted molar refractivity (Wildman–Crippen MR) is 138 cm³/mol. The zero-order chi connectivity index (χ0) is 25.7. The van der Waals surface area contributed by atoms with Crippen LogP contribution in [0.3, 0.4) is 0 Å². The summed E-state index contributed by atoms with van der Waals surface area (Å²) >= 11 is 0. The standard InChI is InChI=1S/C29H27N3O5/c33-26-8-4-7-24-21-11-19(15-32(24)26)14-31(16-21)27(29(36)37)23-17-30(13-18-5-2-1-3-6-18)25-12-20(28(34)35)9-10-22(23)25/h1-10,12,17,19,21,27H,11,13-16H2,(H,34,35)(H,36,37)/t19-,21+,27+/m1/s1. The fourth-order valence-electron chi connectivity index (χ4n) is 6.21. The lowest BCUT2D eigenvalue weighted by molar-refractivity contribution is -0.144. The van der Waals surface area contributed by atoms with Gasteiger partial charge in [-0.15, -0.1) is 0 Å². The number of nitrogens with zero attached hydrogens (tertiary/aromatic N) is 3. The lowest BCUT2D eigenvalue weighted by Gasteiger charge is -2.44. The van der Waals surface area contributed by atoms with Gasteiger partial charge in [-0.3, -0.25) is 14.5 Å². The third-order valence-corrected chi connectivity index (χ3v) is 7.76. The lowest BCUT2D eigenvalue weighted by atomic mass is 9.82. The molecule has 2 aromatic carbocycles. The highest BCUT2D eigenvalue weighted by Crippen LogP contribution is 2.40. The van der Waals surface area contributed by atoms with Gasteiger partial charge in [0, 0.05) is 66.5 Å². The van der Waals surface area contributed by atoms with E-state index in [1.807, 2.05) is 56.6 Å². The maximum Gasteiger partial charge on any atom is 0.335 e. The van der Waals surface area contributed by atoms with Gasteiger partial charge < -0.3 is 19.3 Å². The zero-order valence-electron chi connectivity index (χ0n) is 20.2. The SMILES string of the molecule is O=C(O)c1ccc2c([C@@H](C(=O)O)N3C[C@H]4C[C@@H](C3)c3cccc(=O)n3C4)cn(Cc3ccccc3)c2c1. The van der Waals surface area contributed by atoms with Gasteiger partial charge in [0.25, 0.3) is 5.56 Å². The van der Waals surface area contributed by atoms with Crippen LogP contribution in [0.5, 0.6) is 0 Å². The first-order valence-corrected chi connectivity index (χ1v) is 12.5. The third-order valence-electron chi connectivity index (χ3n) is 7.76. The molecule has 2 aliphatic heterocycles. The number of carbonyl (C=O) groups is 2. The van der Waals surface area contributed by atoms with Crippen LogP contribution >= 0.6 is 0 Å². The Balaban J connectivity index is 1.43. The molecule has 0 amide bonds. The maximum atomic E-state index is 12.8. The van der Waals surface area contributed by atoms with Crippen molar-refractivity contribution in [1.29, 1.82) is 0 Å². The molecule has 0 spiro atoms. The van der Waals surface area contributed by atoms with E-state index in [-0.39, 0.29) is 23.0 Å².